The molecule has 3 rings (SSSR count). The molecule has 1 aromatic carbocycles. The third-order valence-electron chi connectivity index (χ3n) is 5.16. The summed E-state index contributed by atoms with van der Waals surface area (Å²) in [5.74, 6) is 1.49. The SMILES string of the molecule is CCOC(C)c1noc(CNC(=NC)NC2CCCN(c3ccc(F)cc3C)C2)n1. The van der Waals surface area contributed by atoms with Crippen molar-refractivity contribution in [3.8, 4) is 0 Å². The van der Waals surface area contributed by atoms with Crippen LogP contribution in [-0.2, 0) is 11.3 Å². The smallest absolute Gasteiger partial charge is 0.246 e. The van der Waals surface area contributed by atoms with E-state index < -0.39 is 0 Å². The monoisotopic (exact) mass is 418 g/mol. The van der Waals surface area contributed by atoms with Crippen molar-refractivity contribution in [1.82, 2.24) is 20.8 Å². The van der Waals surface area contributed by atoms with Crippen molar-refractivity contribution in [1.29, 1.82) is 0 Å². The molecule has 2 heterocycles. The van der Waals surface area contributed by atoms with Gasteiger partial charge >= 0.3 is 0 Å². The van der Waals surface area contributed by atoms with Crippen LogP contribution in [0, 0.1) is 12.7 Å². The molecule has 2 aromatic rings. The predicted octanol–water partition coefficient (Wildman–Crippen LogP) is 2.95. The van der Waals surface area contributed by atoms with Crippen LogP contribution in [-0.4, -0.2) is 48.9 Å². The third-order valence-corrected chi connectivity index (χ3v) is 5.16. The van der Waals surface area contributed by atoms with Crippen LogP contribution < -0.4 is 15.5 Å². The van der Waals surface area contributed by atoms with Gasteiger partial charge in [-0.3, -0.25) is 4.99 Å². The molecule has 8 nitrogen and oxygen atoms in total. The highest BCUT2D eigenvalue weighted by molar-refractivity contribution is 5.80. The van der Waals surface area contributed by atoms with Crippen molar-refractivity contribution >= 4 is 11.6 Å². The van der Waals surface area contributed by atoms with E-state index in [-0.39, 0.29) is 18.0 Å². The number of hydrogen-bond acceptors (Lipinski definition) is 6. The number of benzene rings is 1. The lowest BCUT2D eigenvalue weighted by atomic mass is 10.0. The van der Waals surface area contributed by atoms with Crippen LogP contribution >= 0.6 is 0 Å². The van der Waals surface area contributed by atoms with Crippen LogP contribution in [0.4, 0.5) is 10.1 Å². The summed E-state index contributed by atoms with van der Waals surface area (Å²) in [6, 6.07) is 5.19. The summed E-state index contributed by atoms with van der Waals surface area (Å²) in [5.41, 5.74) is 2.03. The van der Waals surface area contributed by atoms with Gasteiger partial charge in [-0.2, -0.15) is 4.98 Å². The number of rotatable bonds is 7. The maximum Gasteiger partial charge on any atom is 0.246 e. The van der Waals surface area contributed by atoms with Gasteiger partial charge in [-0.1, -0.05) is 5.16 Å². The Hall–Kier alpha value is -2.68. The van der Waals surface area contributed by atoms with E-state index in [1.165, 1.54) is 6.07 Å². The highest BCUT2D eigenvalue weighted by Crippen LogP contribution is 2.24. The zero-order chi connectivity index (χ0) is 21.5. The second kappa shape index (κ2) is 10.4. The quantitative estimate of drug-likeness (QED) is 0.528. The van der Waals surface area contributed by atoms with Crippen molar-refractivity contribution in [3.63, 3.8) is 0 Å². The molecule has 2 atom stereocenters. The highest BCUT2D eigenvalue weighted by atomic mass is 19.1. The Morgan fingerprint density at radius 1 is 1.47 bits per heavy atom. The highest BCUT2D eigenvalue weighted by Gasteiger charge is 2.22. The standard InChI is InChI=1S/C21H31FN6O2/c1-5-29-15(3)20-26-19(30-27-20)12-24-21(23-4)25-17-7-6-10-28(13-17)18-9-8-16(22)11-14(18)2/h8-9,11,15,17H,5-7,10,12-13H2,1-4H3,(H2,23,24,25). The maximum absolute atomic E-state index is 13.4. The summed E-state index contributed by atoms with van der Waals surface area (Å²) in [6.45, 7) is 8.52. The number of anilines is 1. The zero-order valence-electron chi connectivity index (χ0n) is 18.1. The van der Waals surface area contributed by atoms with E-state index in [1.807, 2.05) is 26.8 Å². The first-order valence-corrected chi connectivity index (χ1v) is 10.4. The van der Waals surface area contributed by atoms with Crippen LogP contribution in [0.1, 0.15) is 50.1 Å². The fourth-order valence-corrected chi connectivity index (χ4v) is 3.66. The van der Waals surface area contributed by atoms with Gasteiger partial charge in [0.05, 0.1) is 6.54 Å². The lowest BCUT2D eigenvalue weighted by Crippen LogP contribution is -2.51. The van der Waals surface area contributed by atoms with E-state index in [0.29, 0.717) is 30.8 Å². The number of aliphatic imine (C=N–C) groups is 1. The Kier molecular flexibility index (Phi) is 7.62. The van der Waals surface area contributed by atoms with Gasteiger partial charge in [0.2, 0.25) is 5.89 Å². The molecular formula is C21H31FN6O2. The minimum absolute atomic E-state index is 0.201. The van der Waals surface area contributed by atoms with E-state index in [9.17, 15) is 4.39 Å². The Morgan fingerprint density at radius 2 is 2.30 bits per heavy atom. The van der Waals surface area contributed by atoms with Gasteiger partial charge in [0.1, 0.15) is 11.9 Å². The van der Waals surface area contributed by atoms with Crippen LogP contribution in [0.5, 0.6) is 0 Å². The van der Waals surface area contributed by atoms with Gasteiger partial charge in [-0.05, 0) is 57.4 Å². The van der Waals surface area contributed by atoms with Crippen LogP contribution in [0.2, 0.25) is 0 Å². The lowest BCUT2D eigenvalue weighted by Gasteiger charge is -2.36. The second-order valence-electron chi connectivity index (χ2n) is 7.43. The number of nitrogens with zero attached hydrogens (tertiary/aromatic N) is 4. The molecular weight excluding hydrogens is 387 g/mol. The third kappa shape index (κ3) is 5.69. The molecule has 9 heteroatoms. The molecule has 1 aliphatic heterocycles. The number of aromatic nitrogens is 2. The van der Waals surface area contributed by atoms with Crippen LogP contribution in [0.15, 0.2) is 27.7 Å². The Morgan fingerprint density at radius 3 is 3.03 bits per heavy atom. The maximum atomic E-state index is 13.4. The number of guanidine groups is 1. The molecule has 0 amide bonds. The first-order valence-electron chi connectivity index (χ1n) is 10.4. The van der Waals surface area contributed by atoms with Gasteiger partial charge in [-0.15, -0.1) is 0 Å². The lowest BCUT2D eigenvalue weighted by molar-refractivity contribution is 0.0683. The zero-order valence-corrected chi connectivity index (χ0v) is 18.1. The number of hydrogen-bond donors (Lipinski definition) is 2. The predicted molar refractivity (Wildman–Crippen MR) is 114 cm³/mol. The number of halogens is 1. The van der Waals surface area contributed by atoms with E-state index in [4.69, 9.17) is 9.26 Å². The summed E-state index contributed by atoms with van der Waals surface area (Å²) in [5, 5.41) is 10.7. The normalized spacial score (nSPS) is 18.4. The second-order valence-corrected chi connectivity index (χ2v) is 7.43. The molecule has 30 heavy (non-hydrogen) atoms. The molecule has 164 valence electrons. The molecule has 0 spiro atoms. The van der Waals surface area contributed by atoms with Gasteiger partial charge in [0.15, 0.2) is 11.8 Å². The van der Waals surface area contributed by atoms with Gasteiger partial charge in [0, 0.05) is 38.5 Å². The van der Waals surface area contributed by atoms with Crippen molar-refractivity contribution in [2.45, 2.75) is 52.3 Å². The van der Waals surface area contributed by atoms with Crippen molar-refractivity contribution in [2.75, 3.05) is 31.6 Å². The van der Waals surface area contributed by atoms with Crippen molar-refractivity contribution < 1.29 is 13.7 Å². The van der Waals surface area contributed by atoms with E-state index in [1.54, 1.807) is 13.1 Å². The summed E-state index contributed by atoms with van der Waals surface area (Å²) in [4.78, 5) is 11.0. The van der Waals surface area contributed by atoms with E-state index in [2.05, 4.69) is 30.7 Å². The fraction of sp³-hybridized carbons (Fsp3) is 0.571. The Balaban J connectivity index is 1.54. The summed E-state index contributed by atoms with van der Waals surface area (Å²) in [7, 11) is 1.73. The van der Waals surface area contributed by atoms with Crippen LogP contribution in [0.3, 0.4) is 0 Å². The Labute approximate surface area is 176 Å². The number of aryl methyl sites for hydroxylation is 1. The number of piperidine rings is 1. The molecule has 1 aromatic heterocycles. The van der Waals surface area contributed by atoms with Gasteiger partial charge in [-0.25, -0.2) is 4.39 Å². The molecule has 1 saturated heterocycles. The fourth-order valence-electron chi connectivity index (χ4n) is 3.66. The summed E-state index contributed by atoms with van der Waals surface area (Å²) >= 11 is 0. The molecule has 0 aliphatic carbocycles. The van der Waals surface area contributed by atoms with Crippen molar-refractivity contribution in [3.05, 3.63) is 41.3 Å². The average Bonchev–Trinajstić information content (AvgIpc) is 3.21. The van der Waals surface area contributed by atoms with Crippen LogP contribution in [0.25, 0.3) is 0 Å². The average molecular weight is 419 g/mol. The number of nitrogens with one attached hydrogen (secondary N) is 2. The van der Waals surface area contributed by atoms with Gasteiger partial charge < -0.3 is 24.8 Å². The topological polar surface area (TPSA) is 87.8 Å². The summed E-state index contributed by atoms with van der Waals surface area (Å²) < 4.78 is 24.2. The largest absolute Gasteiger partial charge is 0.371 e. The molecule has 0 saturated carbocycles. The molecule has 0 bridgehead atoms. The van der Waals surface area contributed by atoms with Gasteiger partial charge in [0.25, 0.3) is 0 Å². The first kappa shape index (κ1) is 22.0. The Bertz CT molecular complexity index is 856. The van der Waals surface area contributed by atoms with E-state index in [0.717, 1.165) is 37.2 Å². The molecule has 1 fully saturated rings. The summed E-state index contributed by atoms with van der Waals surface area (Å²) in [6.07, 6.45) is 1.88. The number of ether oxygens (including phenoxy) is 1. The minimum Gasteiger partial charge on any atom is -0.371 e. The minimum atomic E-state index is -0.202. The first-order chi connectivity index (χ1) is 14.5. The molecule has 0 radical (unpaired) electrons. The van der Waals surface area contributed by atoms with Crippen molar-refractivity contribution in [2.24, 2.45) is 4.99 Å². The molecule has 1 aliphatic rings. The van der Waals surface area contributed by atoms with E-state index >= 15 is 0 Å². The molecule has 2 N–H and O–H groups in total. The molecule has 2 unspecified atom stereocenters.